The van der Waals surface area contributed by atoms with Crippen molar-refractivity contribution < 1.29 is 29.0 Å². The molecular formula is C26H37O6-. The Hall–Kier alpha value is -1.27. The Labute approximate surface area is 190 Å². The molecule has 6 nitrogen and oxygen atoms in total. The molecule has 1 heterocycles. The summed E-state index contributed by atoms with van der Waals surface area (Å²) in [6.45, 7) is 7.72. The average Bonchev–Trinajstić information content (AvgIpc) is 3.34. The number of carboxylic acids is 1. The lowest BCUT2D eigenvalue weighted by molar-refractivity contribution is -0.306. The number of ether oxygens (including phenoxy) is 2. The van der Waals surface area contributed by atoms with Crippen LogP contribution in [-0.4, -0.2) is 36.5 Å². The first-order chi connectivity index (χ1) is 15.1. The van der Waals surface area contributed by atoms with Crippen LogP contribution in [0.3, 0.4) is 0 Å². The molecule has 0 aromatic rings. The van der Waals surface area contributed by atoms with Gasteiger partial charge in [0.2, 0.25) is 0 Å². The maximum atomic E-state index is 13.8. The third-order valence-corrected chi connectivity index (χ3v) is 10.7. The highest BCUT2D eigenvalue weighted by Gasteiger charge is 2.67. The molecule has 8 atom stereocenters. The molecule has 0 unspecified atom stereocenters. The lowest BCUT2D eigenvalue weighted by atomic mass is 9.43. The van der Waals surface area contributed by atoms with Crippen LogP contribution in [0.1, 0.15) is 78.6 Å². The largest absolute Gasteiger partial charge is 0.550 e. The SMILES string of the molecule is C[C@@H](CCC(=O)[O-])[C@H]1CC[C@@H]2[C@H]3C(=O)C[C@@H]4CC5(CC[C@]4(C)[C@@H]3CC(=O)[C@@]21C)OCCO5. The van der Waals surface area contributed by atoms with Crippen molar-refractivity contribution in [3.63, 3.8) is 0 Å². The molecule has 0 N–H and O–H groups in total. The Morgan fingerprint density at radius 1 is 1.09 bits per heavy atom. The van der Waals surface area contributed by atoms with Crippen molar-refractivity contribution in [2.24, 2.45) is 46.3 Å². The van der Waals surface area contributed by atoms with Crippen LogP contribution in [0.2, 0.25) is 0 Å². The summed E-state index contributed by atoms with van der Waals surface area (Å²) >= 11 is 0. The van der Waals surface area contributed by atoms with Gasteiger partial charge in [0.15, 0.2) is 5.79 Å². The number of hydrogen-bond acceptors (Lipinski definition) is 6. The summed E-state index contributed by atoms with van der Waals surface area (Å²) in [6.07, 6.45) is 5.96. The van der Waals surface area contributed by atoms with Crippen molar-refractivity contribution in [1.82, 2.24) is 0 Å². The first-order valence-corrected chi connectivity index (χ1v) is 12.6. The van der Waals surface area contributed by atoms with E-state index in [-0.39, 0.29) is 47.3 Å². The minimum absolute atomic E-state index is 0.0310. The molecule has 0 bridgehead atoms. The number of fused-ring (bicyclic) bond motifs is 5. The van der Waals surface area contributed by atoms with Gasteiger partial charge in [-0.15, -0.1) is 0 Å². The van der Waals surface area contributed by atoms with E-state index in [2.05, 4.69) is 20.8 Å². The Morgan fingerprint density at radius 3 is 2.50 bits per heavy atom. The summed E-state index contributed by atoms with van der Waals surface area (Å²) in [5.41, 5.74) is -0.548. The summed E-state index contributed by atoms with van der Waals surface area (Å²) in [7, 11) is 0. The van der Waals surface area contributed by atoms with Gasteiger partial charge in [-0.1, -0.05) is 20.8 Å². The number of carboxylic acid groups (broad SMARTS) is 1. The smallest absolute Gasteiger partial charge is 0.168 e. The molecule has 5 rings (SSSR count). The predicted molar refractivity (Wildman–Crippen MR) is 114 cm³/mol. The molecule has 5 aliphatic rings. The van der Waals surface area contributed by atoms with Crippen LogP contribution in [0.15, 0.2) is 0 Å². The van der Waals surface area contributed by atoms with Gasteiger partial charge in [0.05, 0.1) is 13.2 Å². The summed E-state index contributed by atoms with van der Waals surface area (Å²) in [6, 6.07) is 0. The zero-order valence-corrected chi connectivity index (χ0v) is 19.7. The highest BCUT2D eigenvalue weighted by atomic mass is 16.7. The fourth-order valence-electron chi connectivity index (χ4n) is 8.85. The average molecular weight is 446 g/mol. The molecule has 178 valence electrons. The second-order valence-electron chi connectivity index (χ2n) is 11.9. The van der Waals surface area contributed by atoms with Gasteiger partial charge in [-0.25, -0.2) is 0 Å². The zero-order valence-electron chi connectivity index (χ0n) is 19.7. The number of ketones is 2. The number of Topliss-reactive ketones (excluding diaryl/α,β-unsaturated/α-hetero) is 2. The molecule has 0 aromatic carbocycles. The normalized spacial score (nSPS) is 45.9. The molecule has 0 amide bonds. The van der Waals surface area contributed by atoms with Crippen LogP contribution in [0.4, 0.5) is 0 Å². The Morgan fingerprint density at radius 2 is 1.81 bits per heavy atom. The summed E-state index contributed by atoms with van der Waals surface area (Å²) < 4.78 is 12.0. The number of carbonyl (C=O) groups excluding carboxylic acids is 3. The molecule has 0 radical (unpaired) electrons. The predicted octanol–water partition coefficient (Wildman–Crippen LogP) is 2.91. The topological polar surface area (TPSA) is 92.7 Å². The van der Waals surface area contributed by atoms with Gasteiger partial charge in [0, 0.05) is 43.0 Å². The van der Waals surface area contributed by atoms with E-state index in [0.717, 1.165) is 32.1 Å². The highest BCUT2D eigenvalue weighted by Crippen LogP contribution is 2.67. The van der Waals surface area contributed by atoms with Crippen LogP contribution >= 0.6 is 0 Å². The molecular weight excluding hydrogens is 408 g/mol. The van der Waals surface area contributed by atoms with Crippen LogP contribution in [0, 0.1) is 46.3 Å². The van der Waals surface area contributed by atoms with Gasteiger partial charge in [0.25, 0.3) is 0 Å². The fraction of sp³-hybridized carbons (Fsp3) is 0.885. The third-order valence-electron chi connectivity index (χ3n) is 10.7. The van der Waals surface area contributed by atoms with Gasteiger partial charge < -0.3 is 19.4 Å². The molecule has 6 heteroatoms. The monoisotopic (exact) mass is 445 g/mol. The molecule has 4 aliphatic carbocycles. The quantitative estimate of drug-likeness (QED) is 0.661. The van der Waals surface area contributed by atoms with Crippen LogP contribution in [-0.2, 0) is 23.9 Å². The van der Waals surface area contributed by atoms with E-state index in [0.29, 0.717) is 44.0 Å². The molecule has 1 aliphatic heterocycles. The van der Waals surface area contributed by atoms with Crippen molar-refractivity contribution in [3.05, 3.63) is 0 Å². The Kier molecular flexibility index (Phi) is 5.37. The van der Waals surface area contributed by atoms with E-state index in [1.165, 1.54) is 0 Å². The number of aliphatic carboxylic acids is 1. The van der Waals surface area contributed by atoms with Gasteiger partial charge in [0.1, 0.15) is 11.6 Å². The van der Waals surface area contributed by atoms with Crippen molar-refractivity contribution >= 4 is 17.5 Å². The number of hydrogen-bond donors (Lipinski definition) is 0. The highest BCUT2D eigenvalue weighted by molar-refractivity contribution is 5.92. The molecule has 0 aromatic heterocycles. The molecule has 32 heavy (non-hydrogen) atoms. The van der Waals surface area contributed by atoms with Crippen LogP contribution in [0.25, 0.3) is 0 Å². The first kappa shape index (κ1) is 22.5. The van der Waals surface area contributed by atoms with E-state index >= 15 is 0 Å². The Bertz CT molecular complexity index is 815. The minimum atomic E-state index is -1.03. The summed E-state index contributed by atoms with van der Waals surface area (Å²) in [5.74, 6) is -0.273. The van der Waals surface area contributed by atoms with Gasteiger partial charge in [-0.2, -0.15) is 0 Å². The Balaban J connectivity index is 1.41. The standard InChI is InChI=1S/C26H38O6/c1-15(4-7-22(29)30)17-5-6-18-23-19(13-21(28)25(17,18)3)24(2)8-9-26(31-10-11-32-26)14-16(24)12-20(23)27/h15-19,23H,4-14H2,1-3H3,(H,29,30)/p-1/t15-,16+,17+,18+,19+,23+,24-,25+/m0/s1. The second kappa shape index (κ2) is 7.63. The van der Waals surface area contributed by atoms with Gasteiger partial charge >= 0.3 is 0 Å². The maximum absolute atomic E-state index is 13.8. The maximum Gasteiger partial charge on any atom is 0.168 e. The minimum Gasteiger partial charge on any atom is -0.550 e. The molecule has 1 saturated heterocycles. The van der Waals surface area contributed by atoms with Crippen molar-refractivity contribution in [2.45, 2.75) is 84.3 Å². The van der Waals surface area contributed by atoms with Crippen molar-refractivity contribution in [3.8, 4) is 0 Å². The second-order valence-corrected chi connectivity index (χ2v) is 11.9. The van der Waals surface area contributed by atoms with E-state index in [9.17, 15) is 19.5 Å². The molecule has 4 saturated carbocycles. The van der Waals surface area contributed by atoms with Gasteiger partial charge in [-0.3, -0.25) is 9.59 Å². The zero-order chi connectivity index (χ0) is 22.9. The van der Waals surface area contributed by atoms with Crippen LogP contribution < -0.4 is 5.11 Å². The molecule has 5 fully saturated rings. The number of rotatable bonds is 4. The van der Waals surface area contributed by atoms with E-state index in [1.54, 1.807) is 0 Å². The van der Waals surface area contributed by atoms with Crippen LogP contribution in [0.5, 0.6) is 0 Å². The van der Waals surface area contributed by atoms with E-state index < -0.39 is 17.2 Å². The lowest BCUT2D eigenvalue weighted by Crippen LogP contribution is -2.61. The van der Waals surface area contributed by atoms with E-state index in [1.807, 2.05) is 0 Å². The third kappa shape index (κ3) is 3.15. The summed E-state index contributed by atoms with van der Waals surface area (Å²) in [5, 5.41) is 11.0. The summed E-state index contributed by atoms with van der Waals surface area (Å²) in [4.78, 5) is 38.4. The molecule has 1 spiro atoms. The first-order valence-electron chi connectivity index (χ1n) is 12.6. The van der Waals surface area contributed by atoms with Crippen molar-refractivity contribution in [1.29, 1.82) is 0 Å². The number of carbonyl (C=O) groups is 3. The fourth-order valence-corrected chi connectivity index (χ4v) is 8.85. The van der Waals surface area contributed by atoms with Crippen molar-refractivity contribution in [2.75, 3.05) is 13.2 Å². The lowest BCUT2D eigenvalue weighted by Gasteiger charge is -2.60. The van der Waals surface area contributed by atoms with Gasteiger partial charge in [-0.05, 0) is 67.1 Å². The van der Waals surface area contributed by atoms with E-state index in [4.69, 9.17) is 9.47 Å².